The molecular formula is C17H19Cl3N4O. The van der Waals surface area contributed by atoms with Crippen molar-refractivity contribution in [2.45, 2.75) is 38.4 Å². The van der Waals surface area contributed by atoms with Crippen molar-refractivity contribution in [1.82, 2.24) is 20.4 Å². The van der Waals surface area contributed by atoms with E-state index in [1.807, 2.05) is 17.0 Å². The molecule has 2 aromatic rings. The number of hydrogen-bond donors (Lipinski definition) is 2. The van der Waals surface area contributed by atoms with Gasteiger partial charge in [-0.15, -0.1) is 12.4 Å². The van der Waals surface area contributed by atoms with Gasteiger partial charge in [-0.2, -0.15) is 5.10 Å². The molecule has 0 unspecified atom stereocenters. The van der Waals surface area contributed by atoms with Gasteiger partial charge in [-0.25, -0.2) is 0 Å². The number of carbonyl (C=O) groups is 1. The average Bonchev–Trinajstić information content (AvgIpc) is 3.33. The lowest BCUT2D eigenvalue weighted by Crippen LogP contribution is -2.34. The standard InChI is InChI=1S/C17H18Cl2N4O.ClH/c18-13-4-1-10(7-14(13)19)9-23(11-2-3-11)17(24)16-12-8-20-6-5-15(12)21-22-16;/h1,4,7,11,20H,2-3,5-6,8-9H2,(H,21,22);1H. The number of amides is 1. The Morgan fingerprint density at radius 3 is 2.80 bits per heavy atom. The molecule has 1 fully saturated rings. The third kappa shape index (κ3) is 3.80. The summed E-state index contributed by atoms with van der Waals surface area (Å²) in [5.41, 5.74) is 3.60. The molecule has 1 aromatic carbocycles. The minimum Gasteiger partial charge on any atom is -0.330 e. The molecule has 25 heavy (non-hydrogen) atoms. The van der Waals surface area contributed by atoms with E-state index in [1.165, 1.54) is 0 Å². The summed E-state index contributed by atoms with van der Waals surface area (Å²) in [6.45, 7) is 2.13. The molecule has 0 saturated heterocycles. The van der Waals surface area contributed by atoms with Crippen molar-refractivity contribution in [3.8, 4) is 0 Å². The molecule has 0 bridgehead atoms. The summed E-state index contributed by atoms with van der Waals surface area (Å²) < 4.78 is 0. The lowest BCUT2D eigenvalue weighted by Gasteiger charge is -2.23. The summed E-state index contributed by atoms with van der Waals surface area (Å²) in [5, 5.41) is 11.7. The molecule has 2 aliphatic rings. The van der Waals surface area contributed by atoms with E-state index >= 15 is 0 Å². The Balaban J connectivity index is 0.00000182. The van der Waals surface area contributed by atoms with Gasteiger partial charge in [0.15, 0.2) is 5.69 Å². The lowest BCUT2D eigenvalue weighted by molar-refractivity contribution is 0.0722. The number of aromatic nitrogens is 2. The minimum absolute atomic E-state index is 0. The molecule has 1 aromatic heterocycles. The van der Waals surface area contributed by atoms with E-state index in [9.17, 15) is 4.79 Å². The number of hydrogen-bond acceptors (Lipinski definition) is 3. The second-order valence-corrected chi connectivity index (χ2v) is 7.18. The monoisotopic (exact) mass is 400 g/mol. The Labute approximate surface area is 162 Å². The zero-order valence-corrected chi connectivity index (χ0v) is 15.8. The first-order valence-corrected chi connectivity index (χ1v) is 8.91. The van der Waals surface area contributed by atoms with Gasteiger partial charge in [0.25, 0.3) is 5.91 Å². The number of nitrogens with zero attached hydrogens (tertiary/aromatic N) is 2. The minimum atomic E-state index is -0.00947. The van der Waals surface area contributed by atoms with E-state index in [4.69, 9.17) is 23.2 Å². The number of H-pyrrole nitrogens is 1. The van der Waals surface area contributed by atoms with Crippen molar-refractivity contribution in [2.75, 3.05) is 6.54 Å². The highest BCUT2D eigenvalue weighted by molar-refractivity contribution is 6.42. The zero-order chi connectivity index (χ0) is 16.7. The maximum atomic E-state index is 13.1. The van der Waals surface area contributed by atoms with Crippen molar-refractivity contribution in [3.05, 3.63) is 50.8 Å². The molecule has 1 aliphatic carbocycles. The van der Waals surface area contributed by atoms with Gasteiger partial charge in [0, 0.05) is 43.4 Å². The second-order valence-electron chi connectivity index (χ2n) is 6.37. The Hall–Kier alpha value is -1.27. The topological polar surface area (TPSA) is 61.0 Å². The molecule has 8 heteroatoms. The predicted octanol–water partition coefficient (Wildman–Crippen LogP) is 3.59. The van der Waals surface area contributed by atoms with Crippen molar-refractivity contribution < 1.29 is 4.79 Å². The van der Waals surface area contributed by atoms with Crippen LogP contribution in [0.15, 0.2) is 18.2 Å². The number of fused-ring (bicyclic) bond motifs is 1. The second kappa shape index (κ2) is 7.54. The first kappa shape index (κ1) is 18.5. The van der Waals surface area contributed by atoms with E-state index in [2.05, 4.69) is 15.5 Å². The Morgan fingerprint density at radius 2 is 2.08 bits per heavy atom. The van der Waals surface area contributed by atoms with Crippen LogP contribution in [0.2, 0.25) is 10.0 Å². The molecule has 0 atom stereocenters. The van der Waals surface area contributed by atoms with Crippen molar-refractivity contribution in [2.24, 2.45) is 0 Å². The first-order chi connectivity index (χ1) is 11.6. The molecule has 5 nitrogen and oxygen atoms in total. The smallest absolute Gasteiger partial charge is 0.275 e. The van der Waals surface area contributed by atoms with Crippen LogP contribution in [0, 0.1) is 0 Å². The van der Waals surface area contributed by atoms with E-state index < -0.39 is 0 Å². The van der Waals surface area contributed by atoms with Crippen LogP contribution in [0.3, 0.4) is 0 Å². The molecule has 1 saturated carbocycles. The fourth-order valence-corrected chi connectivity index (χ4v) is 3.45. The zero-order valence-electron chi connectivity index (χ0n) is 13.5. The third-order valence-electron chi connectivity index (χ3n) is 4.59. The Kier molecular flexibility index (Phi) is 5.58. The Morgan fingerprint density at radius 1 is 1.28 bits per heavy atom. The molecule has 1 amide bonds. The molecule has 0 radical (unpaired) electrons. The number of aromatic amines is 1. The van der Waals surface area contributed by atoms with Crippen molar-refractivity contribution in [1.29, 1.82) is 0 Å². The van der Waals surface area contributed by atoms with Crippen LogP contribution >= 0.6 is 35.6 Å². The summed E-state index contributed by atoms with van der Waals surface area (Å²) in [6, 6.07) is 5.80. The highest BCUT2D eigenvalue weighted by atomic mass is 35.5. The number of carbonyl (C=O) groups excluding carboxylic acids is 1. The van der Waals surface area contributed by atoms with Gasteiger partial charge in [0.05, 0.1) is 10.0 Å². The van der Waals surface area contributed by atoms with Gasteiger partial charge < -0.3 is 10.2 Å². The predicted molar refractivity (Wildman–Crippen MR) is 101 cm³/mol. The van der Waals surface area contributed by atoms with Crippen LogP contribution < -0.4 is 5.32 Å². The third-order valence-corrected chi connectivity index (χ3v) is 5.33. The van der Waals surface area contributed by atoms with Gasteiger partial charge in [0.2, 0.25) is 0 Å². The van der Waals surface area contributed by atoms with E-state index in [1.54, 1.807) is 6.07 Å². The van der Waals surface area contributed by atoms with E-state index in [0.29, 0.717) is 28.8 Å². The van der Waals surface area contributed by atoms with Crippen molar-refractivity contribution >= 4 is 41.5 Å². The van der Waals surface area contributed by atoms with Gasteiger partial charge in [-0.3, -0.25) is 9.89 Å². The summed E-state index contributed by atoms with van der Waals surface area (Å²) in [4.78, 5) is 15.0. The quantitative estimate of drug-likeness (QED) is 0.823. The summed E-state index contributed by atoms with van der Waals surface area (Å²) in [6.07, 6.45) is 2.96. The maximum absolute atomic E-state index is 13.1. The largest absolute Gasteiger partial charge is 0.330 e. The van der Waals surface area contributed by atoms with Gasteiger partial charge in [-0.05, 0) is 30.5 Å². The molecule has 2 heterocycles. The average molecular weight is 402 g/mol. The number of nitrogens with one attached hydrogen (secondary N) is 2. The van der Waals surface area contributed by atoms with Crippen LogP contribution in [-0.4, -0.2) is 33.6 Å². The normalized spacial score (nSPS) is 16.1. The fourth-order valence-electron chi connectivity index (χ4n) is 3.13. The van der Waals surface area contributed by atoms with Gasteiger partial charge >= 0.3 is 0 Å². The van der Waals surface area contributed by atoms with Crippen LogP contribution in [0.5, 0.6) is 0 Å². The number of benzene rings is 1. The first-order valence-electron chi connectivity index (χ1n) is 8.15. The highest BCUT2D eigenvalue weighted by Crippen LogP contribution is 2.32. The summed E-state index contributed by atoms with van der Waals surface area (Å²) in [5.74, 6) is -0.00947. The van der Waals surface area contributed by atoms with Crippen LogP contribution in [-0.2, 0) is 19.5 Å². The summed E-state index contributed by atoms with van der Waals surface area (Å²) >= 11 is 12.1. The molecule has 2 N–H and O–H groups in total. The molecule has 0 spiro atoms. The number of halogens is 3. The SMILES string of the molecule is Cl.O=C(c1n[nH]c2c1CNCC2)N(Cc1ccc(Cl)c(Cl)c1)C1CC1. The van der Waals surface area contributed by atoms with Crippen LogP contribution in [0.25, 0.3) is 0 Å². The Bertz CT molecular complexity index is 788. The van der Waals surface area contributed by atoms with E-state index in [-0.39, 0.29) is 24.4 Å². The highest BCUT2D eigenvalue weighted by Gasteiger charge is 2.35. The van der Waals surface area contributed by atoms with Crippen LogP contribution in [0.1, 0.15) is 40.2 Å². The molecule has 1 aliphatic heterocycles. The molecular weight excluding hydrogens is 383 g/mol. The van der Waals surface area contributed by atoms with Gasteiger partial charge in [-0.1, -0.05) is 29.3 Å². The van der Waals surface area contributed by atoms with Crippen molar-refractivity contribution in [3.63, 3.8) is 0 Å². The molecule has 4 rings (SSSR count). The lowest BCUT2D eigenvalue weighted by atomic mass is 10.1. The van der Waals surface area contributed by atoms with E-state index in [0.717, 1.165) is 42.6 Å². The summed E-state index contributed by atoms with van der Waals surface area (Å²) in [7, 11) is 0. The molecule has 134 valence electrons. The number of rotatable bonds is 4. The van der Waals surface area contributed by atoms with Gasteiger partial charge in [0.1, 0.15) is 0 Å². The van der Waals surface area contributed by atoms with Crippen LogP contribution in [0.4, 0.5) is 0 Å². The maximum Gasteiger partial charge on any atom is 0.275 e. The fraction of sp³-hybridized carbons (Fsp3) is 0.412.